The highest BCUT2D eigenvalue weighted by atomic mass is 32.2. The number of thioether (sulfide) groups is 1. The number of rotatable bonds is 15. The Bertz CT molecular complexity index is 1460. The van der Waals surface area contributed by atoms with E-state index in [1.807, 2.05) is 18.2 Å². The van der Waals surface area contributed by atoms with Gasteiger partial charge in [0.1, 0.15) is 11.6 Å². The van der Waals surface area contributed by atoms with Gasteiger partial charge in [-0.1, -0.05) is 31.2 Å². The molecule has 1 heterocycles. The first kappa shape index (κ1) is 31.9. The van der Waals surface area contributed by atoms with Gasteiger partial charge in [-0.3, -0.25) is 9.59 Å². The van der Waals surface area contributed by atoms with E-state index in [0.29, 0.717) is 23.6 Å². The Morgan fingerprint density at radius 1 is 0.953 bits per heavy atom. The lowest BCUT2D eigenvalue weighted by Crippen LogP contribution is -2.49. The molecule has 0 saturated heterocycles. The van der Waals surface area contributed by atoms with E-state index in [4.69, 9.17) is 4.42 Å². The van der Waals surface area contributed by atoms with E-state index in [1.165, 1.54) is 24.1 Å². The Hall–Kier alpha value is -4.06. The van der Waals surface area contributed by atoms with Crippen molar-refractivity contribution in [2.45, 2.75) is 38.5 Å². The highest BCUT2D eigenvalue weighted by Crippen LogP contribution is 2.21. The number of nitrogens with zero attached hydrogens (tertiary/aromatic N) is 1. The van der Waals surface area contributed by atoms with Crippen LogP contribution in [0, 0.1) is 11.6 Å². The molecule has 0 fully saturated rings. The third kappa shape index (κ3) is 10.3. The fourth-order valence-corrected chi connectivity index (χ4v) is 5.12. The first-order valence-corrected chi connectivity index (χ1v) is 15.0. The number of carbonyl (C=O) groups is 2. The van der Waals surface area contributed by atoms with Crippen LogP contribution in [0.5, 0.6) is 0 Å². The summed E-state index contributed by atoms with van der Waals surface area (Å²) in [4.78, 5) is 29.1. The number of aromatic nitrogens is 1. The van der Waals surface area contributed by atoms with E-state index in [9.17, 15) is 23.5 Å². The molecule has 0 radical (unpaired) electrons. The van der Waals surface area contributed by atoms with Crippen LogP contribution in [0.2, 0.25) is 0 Å². The van der Waals surface area contributed by atoms with Crippen LogP contribution >= 0.6 is 11.8 Å². The van der Waals surface area contributed by atoms with E-state index in [-0.39, 0.29) is 30.4 Å². The molecule has 0 saturated carbocycles. The molecule has 0 aliphatic heterocycles. The van der Waals surface area contributed by atoms with Gasteiger partial charge >= 0.3 is 0 Å². The van der Waals surface area contributed by atoms with Crippen LogP contribution in [0.15, 0.2) is 83.7 Å². The lowest BCUT2D eigenvalue weighted by atomic mass is 10.0. The minimum Gasteiger partial charge on any atom is -0.444 e. The summed E-state index contributed by atoms with van der Waals surface area (Å²) >= 11 is 1.11. The summed E-state index contributed by atoms with van der Waals surface area (Å²) < 4.78 is 32.9. The summed E-state index contributed by atoms with van der Waals surface area (Å²) in [6, 6.07) is 17.4. The van der Waals surface area contributed by atoms with Crippen molar-refractivity contribution < 1.29 is 27.9 Å². The normalized spacial score (nSPS) is 12.5. The number of nitrogens with one attached hydrogen (secondary N) is 3. The van der Waals surface area contributed by atoms with Crippen molar-refractivity contribution in [3.05, 3.63) is 108 Å². The van der Waals surface area contributed by atoms with Crippen molar-refractivity contribution in [1.29, 1.82) is 0 Å². The Morgan fingerprint density at radius 2 is 1.67 bits per heavy atom. The molecule has 2 unspecified atom stereocenters. The molecule has 0 spiro atoms. The van der Waals surface area contributed by atoms with Crippen LogP contribution in [0.25, 0.3) is 11.3 Å². The summed E-state index contributed by atoms with van der Waals surface area (Å²) in [5, 5.41) is 19.7. The molecule has 3 aromatic carbocycles. The maximum absolute atomic E-state index is 13.8. The monoisotopic (exact) mass is 608 g/mol. The zero-order valence-electron chi connectivity index (χ0n) is 23.7. The predicted octanol–water partition coefficient (Wildman–Crippen LogP) is 4.73. The summed E-state index contributed by atoms with van der Waals surface area (Å²) in [5.41, 5.74) is 3.97. The zero-order valence-corrected chi connectivity index (χ0v) is 24.5. The molecule has 4 rings (SSSR count). The second-order valence-corrected chi connectivity index (χ2v) is 11.0. The zero-order chi connectivity index (χ0) is 30.6. The Labute approximate surface area is 253 Å². The van der Waals surface area contributed by atoms with E-state index in [2.05, 4.69) is 33.9 Å². The Kier molecular flexibility index (Phi) is 11.8. The molecule has 1 aromatic heterocycles. The Balaban J connectivity index is 1.28. The van der Waals surface area contributed by atoms with Gasteiger partial charge in [0, 0.05) is 30.4 Å². The molecule has 2 atom stereocenters. The molecule has 0 bridgehead atoms. The summed E-state index contributed by atoms with van der Waals surface area (Å²) in [6.07, 6.45) is 2.82. The van der Waals surface area contributed by atoms with E-state index in [0.717, 1.165) is 35.4 Å². The lowest BCUT2D eigenvalue weighted by molar-refractivity contribution is -0.120. The standard InChI is InChI=1S/C32H34F2N4O4S/c1-2-21-4-3-5-22(10-21)15-35-16-29(39)28(13-23-11-25(33)14-26(34)12-23)38-32(41)19-43-18-31(40)37-27-8-6-24(7-9-27)30-17-36-20-42-30/h3-12,14,17,20,28-29,35,39H,2,13,15-16,18-19H2,1H3,(H,37,40)(H,38,41). The number of hydrogen-bond acceptors (Lipinski definition) is 7. The average Bonchev–Trinajstić information content (AvgIpc) is 3.52. The average molecular weight is 609 g/mol. The minimum absolute atomic E-state index is 0.0177. The number of halogens is 2. The highest BCUT2D eigenvalue weighted by molar-refractivity contribution is 8.00. The van der Waals surface area contributed by atoms with Gasteiger partial charge in [-0.15, -0.1) is 11.8 Å². The number of aliphatic hydroxyl groups is 1. The molecule has 0 aliphatic carbocycles. The molecular formula is C32H34F2N4O4S. The summed E-state index contributed by atoms with van der Waals surface area (Å²) in [6.45, 7) is 2.72. The SMILES string of the molecule is CCc1cccc(CNCC(O)C(Cc2cc(F)cc(F)c2)NC(=O)CSCC(=O)Nc2ccc(-c3cnco3)cc2)c1. The van der Waals surface area contributed by atoms with Gasteiger partial charge in [-0.2, -0.15) is 0 Å². The number of hydrogen-bond donors (Lipinski definition) is 4. The second-order valence-electron chi connectivity index (χ2n) is 10.0. The number of oxazole rings is 1. The Morgan fingerprint density at radius 3 is 2.37 bits per heavy atom. The first-order valence-electron chi connectivity index (χ1n) is 13.9. The number of anilines is 1. The van der Waals surface area contributed by atoms with Crippen LogP contribution in [0.4, 0.5) is 14.5 Å². The molecule has 4 N–H and O–H groups in total. The molecule has 8 nitrogen and oxygen atoms in total. The number of carbonyl (C=O) groups excluding carboxylic acids is 2. The molecule has 11 heteroatoms. The van der Waals surface area contributed by atoms with Crippen LogP contribution in [0.1, 0.15) is 23.6 Å². The fourth-order valence-electron chi connectivity index (χ4n) is 4.49. The predicted molar refractivity (Wildman–Crippen MR) is 163 cm³/mol. The minimum atomic E-state index is -1.04. The van der Waals surface area contributed by atoms with Gasteiger partial charge in [0.2, 0.25) is 11.8 Å². The molecule has 43 heavy (non-hydrogen) atoms. The van der Waals surface area contributed by atoms with Crippen molar-refractivity contribution >= 4 is 29.3 Å². The maximum atomic E-state index is 13.8. The van der Waals surface area contributed by atoms with Gasteiger partial charge in [-0.25, -0.2) is 13.8 Å². The van der Waals surface area contributed by atoms with Crippen LogP contribution in [-0.4, -0.2) is 52.1 Å². The summed E-state index contributed by atoms with van der Waals surface area (Å²) in [5.74, 6) is -1.58. The third-order valence-corrected chi connectivity index (χ3v) is 7.56. The van der Waals surface area contributed by atoms with Crippen molar-refractivity contribution in [2.24, 2.45) is 0 Å². The molecule has 2 amide bonds. The van der Waals surface area contributed by atoms with Crippen molar-refractivity contribution in [3.8, 4) is 11.3 Å². The third-order valence-electron chi connectivity index (χ3n) is 6.62. The fraction of sp³-hybridized carbons (Fsp3) is 0.281. The number of benzene rings is 3. The first-order chi connectivity index (χ1) is 20.8. The maximum Gasteiger partial charge on any atom is 0.234 e. The van der Waals surface area contributed by atoms with Crippen LogP contribution in [0.3, 0.4) is 0 Å². The number of amides is 2. The lowest BCUT2D eigenvalue weighted by Gasteiger charge is -2.25. The van der Waals surface area contributed by atoms with Gasteiger partial charge in [0.25, 0.3) is 0 Å². The quantitative estimate of drug-likeness (QED) is 0.154. The van der Waals surface area contributed by atoms with Crippen LogP contribution < -0.4 is 16.0 Å². The van der Waals surface area contributed by atoms with Crippen LogP contribution in [-0.2, 0) is 29.0 Å². The van der Waals surface area contributed by atoms with Gasteiger partial charge in [0.05, 0.1) is 29.8 Å². The molecule has 226 valence electrons. The van der Waals surface area contributed by atoms with E-state index in [1.54, 1.807) is 30.5 Å². The van der Waals surface area contributed by atoms with E-state index >= 15 is 0 Å². The van der Waals surface area contributed by atoms with Gasteiger partial charge < -0.3 is 25.5 Å². The van der Waals surface area contributed by atoms with Crippen molar-refractivity contribution in [3.63, 3.8) is 0 Å². The molecular weight excluding hydrogens is 574 g/mol. The number of aliphatic hydroxyl groups excluding tert-OH is 1. The topological polar surface area (TPSA) is 116 Å². The van der Waals surface area contributed by atoms with E-state index < -0.39 is 29.7 Å². The van der Waals surface area contributed by atoms with Crippen molar-refractivity contribution in [2.75, 3.05) is 23.4 Å². The highest BCUT2D eigenvalue weighted by Gasteiger charge is 2.22. The smallest absolute Gasteiger partial charge is 0.234 e. The summed E-state index contributed by atoms with van der Waals surface area (Å²) in [7, 11) is 0. The number of aryl methyl sites for hydroxylation is 1. The molecule has 0 aliphatic rings. The largest absolute Gasteiger partial charge is 0.444 e. The van der Waals surface area contributed by atoms with Gasteiger partial charge in [0.15, 0.2) is 12.2 Å². The molecule has 4 aromatic rings. The van der Waals surface area contributed by atoms with Gasteiger partial charge in [-0.05, 0) is 65.9 Å². The van der Waals surface area contributed by atoms with Crippen molar-refractivity contribution in [1.82, 2.24) is 15.6 Å². The second kappa shape index (κ2) is 16.0.